The Labute approximate surface area is 152 Å². The van der Waals surface area contributed by atoms with Crippen LogP contribution in [0.5, 0.6) is 0 Å². The molecule has 0 aromatic heterocycles. The summed E-state index contributed by atoms with van der Waals surface area (Å²) in [5, 5.41) is 2.95. The van der Waals surface area contributed by atoms with Crippen molar-refractivity contribution in [3.8, 4) is 0 Å². The van der Waals surface area contributed by atoms with Crippen LogP contribution in [0, 0.1) is 13.8 Å². The van der Waals surface area contributed by atoms with Crippen LogP contribution in [0.2, 0.25) is 0 Å². The number of benzene rings is 2. The van der Waals surface area contributed by atoms with Crippen LogP contribution in [0.25, 0.3) is 0 Å². The maximum atomic E-state index is 12.8. The van der Waals surface area contributed by atoms with Crippen LogP contribution in [0.1, 0.15) is 24.5 Å². The van der Waals surface area contributed by atoms with Crippen molar-refractivity contribution in [2.75, 3.05) is 10.0 Å². The number of carbonyl (C=O) groups excluding carboxylic acids is 1. The van der Waals surface area contributed by atoms with E-state index in [1.165, 1.54) is 6.07 Å². The summed E-state index contributed by atoms with van der Waals surface area (Å²) in [4.78, 5) is 12.9. The summed E-state index contributed by atoms with van der Waals surface area (Å²) in [6.45, 7) is 5.79. The minimum absolute atomic E-state index is 0.101. The number of rotatable bonds is 3. The Bertz CT molecular complexity index is 939. The molecule has 0 fully saturated rings. The zero-order valence-corrected chi connectivity index (χ0v) is 15.9. The van der Waals surface area contributed by atoms with Gasteiger partial charge in [-0.3, -0.25) is 9.52 Å². The maximum Gasteiger partial charge on any atom is 0.261 e. The summed E-state index contributed by atoms with van der Waals surface area (Å²) in [7, 11) is -3.74. The lowest BCUT2D eigenvalue weighted by Crippen LogP contribution is -2.16. The number of thioether (sulfide) groups is 1. The second kappa shape index (κ2) is 6.72. The predicted octanol–water partition coefficient (Wildman–Crippen LogP) is 3.93. The highest BCUT2D eigenvalue weighted by Gasteiger charge is 2.22. The van der Waals surface area contributed by atoms with Crippen molar-refractivity contribution in [2.24, 2.45) is 0 Å². The standard InChI is InChI=1S/C18H20N2O3S2/c1-11-5-4-6-15(13(11)3)20-25(22,23)14-7-8-17-16(10-14)19-18(21)9-12(2)24-17/h4-8,10,12,20H,9H2,1-3H3,(H,19,21)/t12-/m1/s1. The number of aryl methyl sites for hydroxylation is 1. The van der Waals surface area contributed by atoms with Crippen molar-refractivity contribution in [3.63, 3.8) is 0 Å². The van der Waals surface area contributed by atoms with Crippen LogP contribution < -0.4 is 10.0 Å². The quantitative estimate of drug-likeness (QED) is 0.851. The second-order valence-electron chi connectivity index (χ2n) is 6.19. The van der Waals surface area contributed by atoms with E-state index in [-0.39, 0.29) is 16.1 Å². The van der Waals surface area contributed by atoms with Gasteiger partial charge in [-0.1, -0.05) is 19.1 Å². The Hall–Kier alpha value is -1.99. The van der Waals surface area contributed by atoms with E-state index in [1.54, 1.807) is 30.0 Å². The summed E-state index contributed by atoms with van der Waals surface area (Å²) in [5.41, 5.74) is 3.00. The molecule has 1 aliphatic rings. The van der Waals surface area contributed by atoms with E-state index < -0.39 is 10.0 Å². The van der Waals surface area contributed by atoms with E-state index in [2.05, 4.69) is 10.0 Å². The molecule has 132 valence electrons. The first-order valence-electron chi connectivity index (χ1n) is 7.96. The van der Waals surface area contributed by atoms with E-state index in [0.29, 0.717) is 17.8 Å². The Morgan fingerprint density at radius 1 is 1.20 bits per heavy atom. The number of nitrogens with one attached hydrogen (secondary N) is 2. The molecular formula is C18H20N2O3S2. The Morgan fingerprint density at radius 3 is 2.72 bits per heavy atom. The molecule has 1 aliphatic heterocycles. The molecule has 3 rings (SSSR count). The van der Waals surface area contributed by atoms with Crippen LogP contribution in [0.3, 0.4) is 0 Å². The predicted molar refractivity (Wildman–Crippen MR) is 102 cm³/mol. The number of fused-ring (bicyclic) bond motifs is 1. The molecule has 1 amide bonds. The smallest absolute Gasteiger partial charge is 0.261 e. The number of sulfonamides is 1. The normalized spacial score (nSPS) is 17.4. The van der Waals surface area contributed by atoms with Gasteiger partial charge in [-0.15, -0.1) is 11.8 Å². The summed E-state index contributed by atoms with van der Waals surface area (Å²) in [6.07, 6.45) is 0.405. The van der Waals surface area contributed by atoms with Crippen LogP contribution in [-0.4, -0.2) is 19.6 Å². The molecule has 0 unspecified atom stereocenters. The first-order valence-corrected chi connectivity index (χ1v) is 10.3. The van der Waals surface area contributed by atoms with Gasteiger partial charge in [0.1, 0.15) is 0 Å². The van der Waals surface area contributed by atoms with Crippen molar-refractivity contribution in [1.82, 2.24) is 0 Å². The molecule has 25 heavy (non-hydrogen) atoms. The van der Waals surface area contributed by atoms with Gasteiger partial charge in [0.05, 0.1) is 16.3 Å². The number of carbonyl (C=O) groups is 1. The van der Waals surface area contributed by atoms with Crippen LogP contribution in [0.4, 0.5) is 11.4 Å². The van der Waals surface area contributed by atoms with Crippen LogP contribution >= 0.6 is 11.8 Å². The SMILES string of the molecule is Cc1cccc(NS(=O)(=O)c2ccc3c(c2)NC(=O)C[C@@H](C)S3)c1C. The van der Waals surface area contributed by atoms with E-state index in [4.69, 9.17) is 0 Å². The number of hydrogen-bond acceptors (Lipinski definition) is 4. The highest BCUT2D eigenvalue weighted by molar-refractivity contribution is 8.00. The average Bonchev–Trinajstić information content (AvgIpc) is 2.67. The Balaban J connectivity index is 1.96. The molecule has 5 nitrogen and oxygen atoms in total. The summed E-state index contributed by atoms with van der Waals surface area (Å²) < 4.78 is 28.1. The summed E-state index contributed by atoms with van der Waals surface area (Å²) in [5.74, 6) is -0.101. The third kappa shape index (κ3) is 3.82. The van der Waals surface area contributed by atoms with Gasteiger partial charge in [0.25, 0.3) is 10.0 Å². The molecule has 2 aromatic rings. The van der Waals surface area contributed by atoms with Gasteiger partial charge in [0.2, 0.25) is 5.91 Å². The average molecular weight is 377 g/mol. The zero-order valence-electron chi connectivity index (χ0n) is 14.3. The monoisotopic (exact) mass is 376 g/mol. The van der Waals surface area contributed by atoms with Gasteiger partial charge in [0.15, 0.2) is 0 Å². The molecular weight excluding hydrogens is 356 g/mol. The van der Waals surface area contributed by atoms with Crippen molar-refractivity contribution < 1.29 is 13.2 Å². The third-order valence-electron chi connectivity index (χ3n) is 4.19. The van der Waals surface area contributed by atoms with Crippen molar-refractivity contribution in [2.45, 2.75) is 42.2 Å². The third-order valence-corrected chi connectivity index (χ3v) is 6.73. The van der Waals surface area contributed by atoms with Crippen LogP contribution in [0.15, 0.2) is 46.2 Å². The Kier molecular flexibility index (Phi) is 4.79. The lowest BCUT2D eigenvalue weighted by Gasteiger charge is -2.14. The van der Waals surface area contributed by atoms with Gasteiger partial charge >= 0.3 is 0 Å². The van der Waals surface area contributed by atoms with Crippen molar-refractivity contribution in [3.05, 3.63) is 47.5 Å². The van der Waals surface area contributed by atoms with Gasteiger partial charge in [-0.05, 0) is 49.2 Å². The molecule has 2 N–H and O–H groups in total. The van der Waals surface area contributed by atoms with Crippen molar-refractivity contribution >= 4 is 39.1 Å². The molecule has 7 heteroatoms. The molecule has 0 aliphatic carbocycles. The minimum Gasteiger partial charge on any atom is -0.325 e. The van der Waals surface area contributed by atoms with Gasteiger partial charge < -0.3 is 5.32 Å². The first-order chi connectivity index (χ1) is 11.8. The molecule has 0 bridgehead atoms. The lowest BCUT2D eigenvalue weighted by atomic mass is 10.1. The first kappa shape index (κ1) is 17.8. The molecule has 0 saturated heterocycles. The van der Waals surface area contributed by atoms with Gasteiger partial charge in [-0.2, -0.15) is 0 Å². The molecule has 0 radical (unpaired) electrons. The minimum atomic E-state index is -3.74. The number of hydrogen-bond donors (Lipinski definition) is 2. The largest absolute Gasteiger partial charge is 0.325 e. The van der Waals surface area contributed by atoms with Gasteiger partial charge in [-0.25, -0.2) is 8.42 Å². The van der Waals surface area contributed by atoms with Crippen LogP contribution in [-0.2, 0) is 14.8 Å². The lowest BCUT2D eigenvalue weighted by molar-refractivity contribution is -0.116. The molecule has 2 aromatic carbocycles. The van der Waals surface area contributed by atoms with Gasteiger partial charge in [0, 0.05) is 16.6 Å². The fourth-order valence-electron chi connectivity index (χ4n) is 2.66. The molecule has 1 atom stereocenters. The zero-order chi connectivity index (χ0) is 18.2. The highest BCUT2D eigenvalue weighted by Crippen LogP contribution is 2.36. The topological polar surface area (TPSA) is 75.3 Å². The highest BCUT2D eigenvalue weighted by atomic mass is 32.2. The maximum absolute atomic E-state index is 12.8. The van der Waals surface area contributed by atoms with E-state index in [1.807, 2.05) is 32.9 Å². The number of anilines is 2. The van der Waals surface area contributed by atoms with E-state index >= 15 is 0 Å². The molecule has 1 heterocycles. The fourth-order valence-corrected chi connectivity index (χ4v) is 4.86. The number of amides is 1. The summed E-state index contributed by atoms with van der Waals surface area (Å²) in [6, 6.07) is 10.3. The molecule has 0 saturated carbocycles. The van der Waals surface area contributed by atoms with Crippen molar-refractivity contribution in [1.29, 1.82) is 0 Å². The van der Waals surface area contributed by atoms with E-state index in [0.717, 1.165) is 16.0 Å². The molecule has 0 spiro atoms. The fraction of sp³-hybridized carbons (Fsp3) is 0.278. The summed E-state index contributed by atoms with van der Waals surface area (Å²) >= 11 is 1.57. The van der Waals surface area contributed by atoms with E-state index in [9.17, 15) is 13.2 Å². The Morgan fingerprint density at radius 2 is 1.96 bits per heavy atom. The second-order valence-corrected chi connectivity index (χ2v) is 9.35.